The summed E-state index contributed by atoms with van der Waals surface area (Å²) in [5.74, 6) is -0.139. The van der Waals surface area contributed by atoms with Crippen LogP contribution in [0.1, 0.15) is 0 Å². The van der Waals surface area contributed by atoms with Gasteiger partial charge in [-0.05, 0) is 12.1 Å². The predicted octanol–water partition coefficient (Wildman–Crippen LogP) is 0.880. The number of carbonyl (C=O) groups is 1. The number of carbonyl (C=O) groups excluding carboxylic acids is 1. The largest absolute Gasteiger partial charge is 0.367 e. The molecule has 23 heavy (non-hydrogen) atoms. The number of hydrogen-bond acceptors (Lipinski definition) is 4. The molecule has 1 amide bonds. The summed E-state index contributed by atoms with van der Waals surface area (Å²) in [7, 11) is -3.17. The minimum Gasteiger partial charge on any atom is -0.367 e. The molecular formula is C15H20ClN3O3S. The Labute approximate surface area is 141 Å². The fraction of sp³-hybridized carbons (Fsp3) is 0.533. The Morgan fingerprint density at radius 2 is 1.74 bits per heavy atom. The summed E-state index contributed by atoms with van der Waals surface area (Å²) in [5, 5.41) is 0.718. The molecule has 0 aromatic heterocycles. The third-order valence-electron chi connectivity index (χ3n) is 4.45. The highest BCUT2D eigenvalue weighted by Crippen LogP contribution is 2.27. The highest BCUT2D eigenvalue weighted by molar-refractivity contribution is 7.88. The van der Waals surface area contributed by atoms with Crippen LogP contribution in [0.25, 0.3) is 0 Å². The fourth-order valence-corrected chi connectivity index (χ4v) is 4.16. The van der Waals surface area contributed by atoms with E-state index in [9.17, 15) is 13.2 Å². The van der Waals surface area contributed by atoms with Crippen LogP contribution in [0.4, 0.5) is 5.69 Å². The summed E-state index contributed by atoms with van der Waals surface area (Å²) in [4.78, 5) is 16.4. The highest BCUT2D eigenvalue weighted by atomic mass is 35.5. The van der Waals surface area contributed by atoms with Gasteiger partial charge in [-0.1, -0.05) is 23.7 Å². The van der Waals surface area contributed by atoms with Crippen molar-refractivity contribution in [3.63, 3.8) is 0 Å². The zero-order valence-electron chi connectivity index (χ0n) is 13.0. The number of nitrogens with zero attached hydrogens (tertiary/aromatic N) is 3. The van der Waals surface area contributed by atoms with Gasteiger partial charge in [0.05, 0.1) is 22.9 Å². The molecule has 8 heteroatoms. The second kappa shape index (κ2) is 6.30. The topological polar surface area (TPSA) is 60.9 Å². The molecule has 2 heterocycles. The lowest BCUT2D eigenvalue weighted by Gasteiger charge is -2.42. The summed E-state index contributed by atoms with van der Waals surface area (Å²) in [6, 6.07) is 7.70. The molecule has 6 nitrogen and oxygen atoms in total. The monoisotopic (exact) mass is 357 g/mol. The Morgan fingerprint density at radius 3 is 2.30 bits per heavy atom. The number of benzene rings is 1. The van der Waals surface area contributed by atoms with E-state index in [1.807, 2.05) is 29.2 Å². The standard InChI is InChI=1S/C15H20ClN3O3S/c1-23(21,22)19-10-12(11-19)15(20)18-8-6-17(7-9-18)14-5-3-2-4-13(14)16/h2-5,12H,6-11H2,1H3. The van der Waals surface area contributed by atoms with Crippen molar-refractivity contribution >= 4 is 33.2 Å². The van der Waals surface area contributed by atoms with E-state index in [2.05, 4.69) is 4.90 Å². The van der Waals surface area contributed by atoms with Crippen LogP contribution in [-0.4, -0.2) is 69.1 Å². The molecule has 3 rings (SSSR count). The smallest absolute Gasteiger partial charge is 0.228 e. The van der Waals surface area contributed by atoms with E-state index in [1.165, 1.54) is 10.6 Å². The molecule has 0 atom stereocenters. The Bertz CT molecular complexity index is 696. The van der Waals surface area contributed by atoms with Crippen LogP contribution >= 0.6 is 11.6 Å². The molecule has 0 N–H and O–H groups in total. The van der Waals surface area contributed by atoms with E-state index in [0.29, 0.717) is 26.2 Å². The maximum absolute atomic E-state index is 12.4. The number of sulfonamides is 1. The molecule has 1 aromatic rings. The average Bonchev–Trinajstić information content (AvgIpc) is 2.45. The van der Waals surface area contributed by atoms with E-state index in [4.69, 9.17) is 11.6 Å². The number of anilines is 1. The first-order valence-corrected chi connectivity index (χ1v) is 9.82. The van der Waals surface area contributed by atoms with Gasteiger partial charge < -0.3 is 9.80 Å². The van der Waals surface area contributed by atoms with Crippen molar-refractivity contribution in [2.45, 2.75) is 0 Å². The molecule has 0 bridgehead atoms. The molecule has 0 unspecified atom stereocenters. The fourth-order valence-electron chi connectivity index (χ4n) is 3.00. The van der Waals surface area contributed by atoms with Crippen LogP contribution in [0.2, 0.25) is 5.02 Å². The van der Waals surface area contributed by atoms with Crippen molar-refractivity contribution in [3.8, 4) is 0 Å². The van der Waals surface area contributed by atoms with Gasteiger partial charge >= 0.3 is 0 Å². The molecule has 0 saturated carbocycles. The van der Waals surface area contributed by atoms with Gasteiger partial charge in [-0.3, -0.25) is 4.79 Å². The van der Waals surface area contributed by atoms with Crippen molar-refractivity contribution < 1.29 is 13.2 Å². The van der Waals surface area contributed by atoms with Gasteiger partial charge in [0.15, 0.2) is 0 Å². The average molecular weight is 358 g/mol. The molecule has 126 valence electrons. The van der Waals surface area contributed by atoms with Gasteiger partial charge in [-0.25, -0.2) is 12.7 Å². The van der Waals surface area contributed by atoms with Crippen molar-refractivity contribution in [3.05, 3.63) is 29.3 Å². The number of piperazine rings is 1. The lowest BCUT2D eigenvalue weighted by molar-refractivity contribution is -0.139. The Hall–Kier alpha value is -1.31. The van der Waals surface area contributed by atoms with Crippen LogP contribution in [0, 0.1) is 5.92 Å². The summed E-state index contributed by atoms with van der Waals surface area (Å²) in [6.45, 7) is 3.36. The minimum absolute atomic E-state index is 0.0590. The number of halogens is 1. The lowest BCUT2D eigenvalue weighted by atomic mass is 10.0. The van der Waals surface area contributed by atoms with Crippen molar-refractivity contribution in [1.82, 2.24) is 9.21 Å². The van der Waals surface area contributed by atoms with Crippen molar-refractivity contribution in [1.29, 1.82) is 0 Å². The number of para-hydroxylation sites is 1. The second-order valence-corrected chi connectivity index (χ2v) is 8.43. The first-order valence-electron chi connectivity index (χ1n) is 7.59. The molecule has 2 aliphatic rings. The summed E-state index contributed by atoms with van der Waals surface area (Å²) in [6.07, 6.45) is 1.18. The number of hydrogen-bond donors (Lipinski definition) is 0. The van der Waals surface area contributed by atoms with Gasteiger partial charge in [0.25, 0.3) is 0 Å². The Balaban J connectivity index is 1.54. The number of amides is 1. The predicted molar refractivity (Wildman–Crippen MR) is 90.2 cm³/mol. The van der Waals surface area contributed by atoms with E-state index in [-0.39, 0.29) is 11.8 Å². The second-order valence-electron chi connectivity index (χ2n) is 6.04. The molecule has 1 aromatic carbocycles. The lowest BCUT2D eigenvalue weighted by Crippen LogP contribution is -2.58. The van der Waals surface area contributed by atoms with Crippen LogP contribution in [0.3, 0.4) is 0 Å². The highest BCUT2D eigenvalue weighted by Gasteiger charge is 2.40. The Morgan fingerprint density at radius 1 is 1.13 bits per heavy atom. The molecule has 0 spiro atoms. The van der Waals surface area contributed by atoms with Gasteiger partial charge in [0, 0.05) is 39.3 Å². The molecule has 2 saturated heterocycles. The van der Waals surface area contributed by atoms with Gasteiger partial charge in [0.2, 0.25) is 15.9 Å². The third-order valence-corrected chi connectivity index (χ3v) is 6.01. The van der Waals surface area contributed by atoms with Gasteiger partial charge in [-0.15, -0.1) is 0 Å². The van der Waals surface area contributed by atoms with E-state index in [0.717, 1.165) is 23.8 Å². The molecular weight excluding hydrogens is 338 g/mol. The van der Waals surface area contributed by atoms with Crippen LogP contribution in [-0.2, 0) is 14.8 Å². The summed E-state index contributed by atoms with van der Waals surface area (Å²) < 4.78 is 24.1. The Kier molecular flexibility index (Phi) is 4.53. The molecule has 0 aliphatic carbocycles. The zero-order valence-corrected chi connectivity index (χ0v) is 14.6. The maximum Gasteiger partial charge on any atom is 0.228 e. The normalized spacial score (nSPS) is 20.4. The first kappa shape index (κ1) is 16.5. The number of rotatable bonds is 3. The van der Waals surface area contributed by atoms with Crippen LogP contribution in [0.5, 0.6) is 0 Å². The summed E-state index contributed by atoms with van der Waals surface area (Å²) in [5.41, 5.74) is 0.994. The van der Waals surface area contributed by atoms with Crippen molar-refractivity contribution in [2.24, 2.45) is 5.92 Å². The summed E-state index contributed by atoms with van der Waals surface area (Å²) >= 11 is 6.21. The van der Waals surface area contributed by atoms with E-state index in [1.54, 1.807) is 0 Å². The van der Waals surface area contributed by atoms with E-state index >= 15 is 0 Å². The zero-order chi connectivity index (χ0) is 16.6. The molecule has 2 fully saturated rings. The van der Waals surface area contributed by atoms with Crippen molar-refractivity contribution in [2.75, 3.05) is 50.4 Å². The first-order chi connectivity index (χ1) is 10.9. The van der Waals surface area contributed by atoms with Crippen LogP contribution < -0.4 is 4.90 Å². The van der Waals surface area contributed by atoms with Gasteiger partial charge in [0.1, 0.15) is 0 Å². The third kappa shape index (κ3) is 3.46. The SMILES string of the molecule is CS(=O)(=O)N1CC(C(=O)N2CCN(c3ccccc3Cl)CC2)C1. The minimum atomic E-state index is -3.17. The quantitative estimate of drug-likeness (QED) is 0.805. The molecule has 0 radical (unpaired) electrons. The maximum atomic E-state index is 12.4. The molecule has 2 aliphatic heterocycles. The van der Waals surface area contributed by atoms with Gasteiger partial charge in [-0.2, -0.15) is 0 Å². The van der Waals surface area contributed by atoms with E-state index < -0.39 is 10.0 Å². The van der Waals surface area contributed by atoms with Crippen LogP contribution in [0.15, 0.2) is 24.3 Å².